The first kappa shape index (κ1) is 21.7. The van der Waals surface area contributed by atoms with Crippen molar-refractivity contribution in [2.45, 2.75) is 20.5 Å². The SMILES string of the molecule is COc1cc(/C=C2/C(=O)N(c3cccc(C)c3)N=C2C)cc(Cl)c1OCc1ccccc1. The molecule has 4 rings (SSSR count). The molecule has 5 nitrogen and oxygen atoms in total. The number of rotatable bonds is 6. The molecule has 0 unspecified atom stereocenters. The Kier molecular flexibility index (Phi) is 6.28. The zero-order valence-corrected chi connectivity index (χ0v) is 18.9. The summed E-state index contributed by atoms with van der Waals surface area (Å²) in [5.41, 5.74) is 4.68. The van der Waals surface area contributed by atoms with Crippen molar-refractivity contribution >= 4 is 35.0 Å². The number of halogens is 1. The van der Waals surface area contributed by atoms with Crippen molar-refractivity contribution in [2.24, 2.45) is 5.10 Å². The van der Waals surface area contributed by atoms with Gasteiger partial charge < -0.3 is 9.47 Å². The molecule has 0 bridgehead atoms. The van der Waals surface area contributed by atoms with Crippen molar-refractivity contribution in [2.75, 3.05) is 12.1 Å². The van der Waals surface area contributed by atoms with E-state index in [1.807, 2.05) is 68.4 Å². The maximum atomic E-state index is 13.1. The molecule has 1 amide bonds. The highest BCUT2D eigenvalue weighted by Gasteiger charge is 2.29. The van der Waals surface area contributed by atoms with Gasteiger partial charge in [0.15, 0.2) is 11.5 Å². The molecule has 0 aromatic heterocycles. The molecular formula is C26H23ClN2O3. The first-order chi connectivity index (χ1) is 15.5. The molecule has 3 aromatic carbocycles. The Morgan fingerprint density at radius 1 is 1.03 bits per heavy atom. The highest BCUT2D eigenvalue weighted by atomic mass is 35.5. The third-order valence-corrected chi connectivity index (χ3v) is 5.38. The van der Waals surface area contributed by atoms with E-state index in [-0.39, 0.29) is 5.91 Å². The van der Waals surface area contributed by atoms with Crippen molar-refractivity contribution in [3.63, 3.8) is 0 Å². The van der Waals surface area contributed by atoms with Gasteiger partial charge in [-0.3, -0.25) is 4.79 Å². The van der Waals surface area contributed by atoms with Gasteiger partial charge >= 0.3 is 0 Å². The number of hydrazone groups is 1. The molecule has 0 saturated heterocycles. The maximum absolute atomic E-state index is 13.1. The number of carbonyl (C=O) groups excluding carboxylic acids is 1. The molecule has 0 aliphatic carbocycles. The lowest BCUT2D eigenvalue weighted by Crippen LogP contribution is -2.21. The number of ether oxygens (including phenoxy) is 2. The summed E-state index contributed by atoms with van der Waals surface area (Å²) in [6, 6.07) is 21.1. The summed E-state index contributed by atoms with van der Waals surface area (Å²) in [5, 5.41) is 6.27. The van der Waals surface area contributed by atoms with Crippen LogP contribution in [-0.2, 0) is 11.4 Å². The van der Waals surface area contributed by atoms with Crippen LogP contribution in [0.2, 0.25) is 5.02 Å². The van der Waals surface area contributed by atoms with Crippen molar-refractivity contribution in [1.29, 1.82) is 0 Å². The zero-order chi connectivity index (χ0) is 22.7. The summed E-state index contributed by atoms with van der Waals surface area (Å²) in [5.74, 6) is 0.771. The molecule has 162 valence electrons. The normalized spacial score (nSPS) is 14.6. The summed E-state index contributed by atoms with van der Waals surface area (Å²) in [6.07, 6.45) is 1.77. The van der Waals surface area contributed by atoms with Gasteiger partial charge in [0, 0.05) is 0 Å². The van der Waals surface area contributed by atoms with Crippen molar-refractivity contribution in [3.8, 4) is 11.5 Å². The topological polar surface area (TPSA) is 51.1 Å². The van der Waals surface area contributed by atoms with E-state index in [1.165, 1.54) is 5.01 Å². The Morgan fingerprint density at radius 3 is 2.53 bits per heavy atom. The maximum Gasteiger partial charge on any atom is 0.280 e. The average Bonchev–Trinajstić information content (AvgIpc) is 3.07. The van der Waals surface area contributed by atoms with Crippen LogP contribution >= 0.6 is 11.6 Å². The molecule has 0 fully saturated rings. The van der Waals surface area contributed by atoms with Gasteiger partial charge in [-0.25, -0.2) is 0 Å². The fourth-order valence-electron chi connectivity index (χ4n) is 3.48. The fraction of sp³-hybridized carbons (Fsp3) is 0.154. The first-order valence-electron chi connectivity index (χ1n) is 10.2. The lowest BCUT2D eigenvalue weighted by atomic mass is 10.1. The minimum Gasteiger partial charge on any atom is -0.493 e. The second-order valence-electron chi connectivity index (χ2n) is 7.51. The quantitative estimate of drug-likeness (QED) is 0.433. The lowest BCUT2D eigenvalue weighted by Gasteiger charge is -2.14. The second-order valence-corrected chi connectivity index (χ2v) is 7.91. The van der Waals surface area contributed by atoms with Gasteiger partial charge in [-0.05, 0) is 60.9 Å². The van der Waals surface area contributed by atoms with Crippen LogP contribution in [0.5, 0.6) is 11.5 Å². The van der Waals surface area contributed by atoms with E-state index < -0.39 is 0 Å². The number of anilines is 1. The molecule has 1 aliphatic heterocycles. The zero-order valence-electron chi connectivity index (χ0n) is 18.1. The predicted molar refractivity (Wildman–Crippen MR) is 129 cm³/mol. The second kappa shape index (κ2) is 9.28. The van der Waals surface area contributed by atoms with E-state index in [0.29, 0.717) is 34.4 Å². The largest absolute Gasteiger partial charge is 0.493 e. The van der Waals surface area contributed by atoms with E-state index in [9.17, 15) is 4.79 Å². The van der Waals surface area contributed by atoms with Gasteiger partial charge in [-0.1, -0.05) is 54.1 Å². The molecule has 3 aromatic rings. The number of aryl methyl sites for hydroxylation is 1. The van der Waals surface area contributed by atoms with Crippen molar-refractivity contribution < 1.29 is 14.3 Å². The molecule has 32 heavy (non-hydrogen) atoms. The third-order valence-electron chi connectivity index (χ3n) is 5.10. The van der Waals surface area contributed by atoms with Gasteiger partial charge in [-0.15, -0.1) is 0 Å². The van der Waals surface area contributed by atoms with E-state index in [1.54, 1.807) is 25.3 Å². The fourth-order valence-corrected chi connectivity index (χ4v) is 3.75. The summed E-state index contributed by atoms with van der Waals surface area (Å²) < 4.78 is 11.4. The number of nitrogens with zero attached hydrogens (tertiary/aromatic N) is 2. The summed E-state index contributed by atoms with van der Waals surface area (Å²) in [4.78, 5) is 13.1. The monoisotopic (exact) mass is 446 g/mol. The number of amides is 1. The number of hydrogen-bond acceptors (Lipinski definition) is 4. The predicted octanol–water partition coefficient (Wildman–Crippen LogP) is 6.04. The minimum atomic E-state index is -0.187. The van der Waals surface area contributed by atoms with Crippen LogP contribution in [0.3, 0.4) is 0 Å². The molecule has 0 N–H and O–H groups in total. The molecule has 1 aliphatic rings. The Labute approximate surface area is 192 Å². The lowest BCUT2D eigenvalue weighted by molar-refractivity contribution is -0.114. The van der Waals surface area contributed by atoms with Crippen molar-refractivity contribution in [3.05, 3.63) is 94.0 Å². The Morgan fingerprint density at radius 2 is 1.81 bits per heavy atom. The average molecular weight is 447 g/mol. The number of hydrogen-bond donors (Lipinski definition) is 0. The Hall–Kier alpha value is -3.57. The standard InChI is InChI=1S/C26H23ClN2O3/c1-17-8-7-11-21(12-17)29-26(30)22(18(2)28-29)13-20-14-23(27)25(24(15-20)31-3)32-16-19-9-5-4-6-10-19/h4-15H,16H2,1-3H3/b22-13+. The van der Waals surface area contributed by atoms with Crippen LogP contribution in [-0.4, -0.2) is 18.7 Å². The van der Waals surface area contributed by atoms with Gasteiger partial charge in [-0.2, -0.15) is 10.1 Å². The van der Waals surface area contributed by atoms with Crippen LogP contribution in [0.4, 0.5) is 5.69 Å². The number of methoxy groups -OCH3 is 1. The van der Waals surface area contributed by atoms with E-state index in [0.717, 1.165) is 22.4 Å². The number of carbonyl (C=O) groups is 1. The molecule has 6 heteroatoms. The van der Waals surface area contributed by atoms with Crippen molar-refractivity contribution in [1.82, 2.24) is 0 Å². The highest BCUT2D eigenvalue weighted by Crippen LogP contribution is 2.38. The highest BCUT2D eigenvalue weighted by molar-refractivity contribution is 6.33. The number of benzene rings is 3. The van der Waals surface area contributed by atoms with Gasteiger partial charge in [0.2, 0.25) is 0 Å². The van der Waals surface area contributed by atoms with E-state index in [2.05, 4.69) is 5.10 Å². The van der Waals surface area contributed by atoms with E-state index in [4.69, 9.17) is 21.1 Å². The minimum absolute atomic E-state index is 0.187. The Balaban J connectivity index is 1.60. The Bertz CT molecular complexity index is 1220. The van der Waals surface area contributed by atoms with Crippen LogP contribution in [0, 0.1) is 6.92 Å². The van der Waals surface area contributed by atoms with Crippen LogP contribution in [0.1, 0.15) is 23.6 Å². The summed E-state index contributed by atoms with van der Waals surface area (Å²) in [6.45, 7) is 4.16. The van der Waals surface area contributed by atoms with Crippen LogP contribution < -0.4 is 14.5 Å². The molecule has 0 saturated carbocycles. The third kappa shape index (κ3) is 4.53. The summed E-state index contributed by atoms with van der Waals surface area (Å²) in [7, 11) is 1.56. The van der Waals surface area contributed by atoms with Crippen LogP contribution in [0.25, 0.3) is 6.08 Å². The first-order valence-corrected chi connectivity index (χ1v) is 10.6. The summed E-state index contributed by atoms with van der Waals surface area (Å²) >= 11 is 6.52. The molecule has 0 spiro atoms. The van der Waals surface area contributed by atoms with Gasteiger partial charge in [0.05, 0.1) is 29.1 Å². The molecular weight excluding hydrogens is 424 g/mol. The smallest absolute Gasteiger partial charge is 0.280 e. The van der Waals surface area contributed by atoms with Gasteiger partial charge in [0.1, 0.15) is 6.61 Å². The van der Waals surface area contributed by atoms with Gasteiger partial charge in [0.25, 0.3) is 5.91 Å². The molecule has 1 heterocycles. The van der Waals surface area contributed by atoms with E-state index >= 15 is 0 Å². The molecule has 0 atom stereocenters. The molecule has 0 radical (unpaired) electrons. The van der Waals surface area contributed by atoms with Crippen LogP contribution in [0.15, 0.2) is 77.4 Å².